The van der Waals surface area contributed by atoms with Gasteiger partial charge in [0.25, 0.3) is 0 Å². The zero-order valence-corrected chi connectivity index (χ0v) is 10.2. The van der Waals surface area contributed by atoms with E-state index in [4.69, 9.17) is 6.20 Å². The van der Waals surface area contributed by atoms with Gasteiger partial charge in [0.05, 0.1) is 0 Å². The summed E-state index contributed by atoms with van der Waals surface area (Å²) < 4.78 is 9.49. The molecule has 0 fully saturated rings. The van der Waals surface area contributed by atoms with Crippen molar-refractivity contribution in [2.24, 2.45) is 0 Å². The molecule has 0 saturated heterocycles. The first-order valence-corrected chi connectivity index (χ1v) is 6.17. The maximum atomic E-state index is 10.8. The molecular formula is C8H14O4Te. The van der Waals surface area contributed by atoms with Gasteiger partial charge in [0, 0.05) is 0 Å². The minimum atomic E-state index is -1.35. The Morgan fingerprint density at radius 3 is 1.69 bits per heavy atom. The summed E-state index contributed by atoms with van der Waals surface area (Å²) in [6.07, 6.45) is 2.32. The number of hydrogen-bond acceptors (Lipinski definition) is 4. The van der Waals surface area contributed by atoms with E-state index in [1.807, 2.05) is 13.8 Å². The SMILES string of the molecule is CCCC(=O)O[Te]OC(=O)CCC. The standard InChI is InChI=1S/C8H14O4Te/c1-3-5-7(9)11-13-12-8(10)6-4-2/h3-6H2,1-2H3. The second kappa shape index (κ2) is 8.33. The van der Waals surface area contributed by atoms with Gasteiger partial charge in [-0.05, 0) is 0 Å². The summed E-state index contributed by atoms with van der Waals surface area (Å²) in [5.74, 6) is -0.539. The molecule has 0 atom stereocenters. The summed E-state index contributed by atoms with van der Waals surface area (Å²) in [6, 6.07) is 0. The summed E-state index contributed by atoms with van der Waals surface area (Å²) in [5.41, 5.74) is 0. The second-order valence-corrected chi connectivity index (χ2v) is 3.82. The minimum absolute atomic E-state index is 0.269. The first-order chi connectivity index (χ1) is 6.20. The summed E-state index contributed by atoms with van der Waals surface area (Å²) in [5, 5.41) is 0. The molecule has 0 N–H and O–H groups in total. The van der Waals surface area contributed by atoms with Crippen molar-refractivity contribution in [3.63, 3.8) is 0 Å². The van der Waals surface area contributed by atoms with Crippen LogP contribution in [0.25, 0.3) is 0 Å². The van der Waals surface area contributed by atoms with Gasteiger partial charge in [-0.25, -0.2) is 0 Å². The Morgan fingerprint density at radius 1 is 1.00 bits per heavy atom. The van der Waals surface area contributed by atoms with E-state index in [0.717, 1.165) is 12.8 Å². The summed E-state index contributed by atoms with van der Waals surface area (Å²) >= 11 is -1.35. The molecule has 13 heavy (non-hydrogen) atoms. The Kier molecular flexibility index (Phi) is 8.16. The molecule has 0 aromatic heterocycles. The molecule has 0 unspecified atom stereocenters. The van der Waals surface area contributed by atoms with Crippen molar-refractivity contribution in [1.29, 1.82) is 0 Å². The van der Waals surface area contributed by atoms with Gasteiger partial charge in [-0.2, -0.15) is 0 Å². The molecule has 0 aromatic carbocycles. The number of carbonyl (C=O) groups excluding carboxylic acids is 2. The monoisotopic (exact) mass is 304 g/mol. The quantitative estimate of drug-likeness (QED) is 0.692. The van der Waals surface area contributed by atoms with Gasteiger partial charge < -0.3 is 0 Å². The van der Waals surface area contributed by atoms with Gasteiger partial charge in [0.15, 0.2) is 0 Å². The Bertz CT molecular complexity index is 152. The predicted octanol–water partition coefficient (Wildman–Crippen LogP) is 1.21. The van der Waals surface area contributed by atoms with E-state index in [1.165, 1.54) is 0 Å². The summed E-state index contributed by atoms with van der Waals surface area (Å²) in [7, 11) is 0. The van der Waals surface area contributed by atoms with Crippen molar-refractivity contribution in [3.8, 4) is 0 Å². The van der Waals surface area contributed by atoms with Crippen molar-refractivity contribution in [3.05, 3.63) is 0 Å². The van der Waals surface area contributed by atoms with Crippen LogP contribution in [0.5, 0.6) is 0 Å². The molecule has 0 saturated carbocycles. The van der Waals surface area contributed by atoms with Crippen molar-refractivity contribution < 1.29 is 15.8 Å². The molecule has 76 valence electrons. The fourth-order valence-corrected chi connectivity index (χ4v) is 1.59. The molecule has 0 heterocycles. The van der Waals surface area contributed by atoms with Crippen LogP contribution in [0, 0.1) is 0 Å². The zero-order chi connectivity index (χ0) is 10.1. The van der Waals surface area contributed by atoms with E-state index in [-0.39, 0.29) is 11.9 Å². The average Bonchev–Trinajstić information content (AvgIpc) is 2.05. The summed E-state index contributed by atoms with van der Waals surface area (Å²) in [4.78, 5) is 21.6. The van der Waals surface area contributed by atoms with Gasteiger partial charge in [-0.3, -0.25) is 0 Å². The van der Waals surface area contributed by atoms with Crippen LogP contribution >= 0.6 is 0 Å². The molecule has 5 heteroatoms. The second-order valence-electron chi connectivity index (χ2n) is 2.48. The van der Waals surface area contributed by atoms with Crippen molar-refractivity contribution in [2.75, 3.05) is 0 Å². The fraction of sp³-hybridized carbons (Fsp3) is 0.750. The topological polar surface area (TPSA) is 52.6 Å². The van der Waals surface area contributed by atoms with E-state index in [9.17, 15) is 9.59 Å². The number of carbonyl (C=O) groups is 2. The normalized spacial score (nSPS) is 9.38. The Labute approximate surface area is 89.1 Å². The predicted molar refractivity (Wildman–Crippen MR) is 47.8 cm³/mol. The maximum absolute atomic E-state index is 10.8. The van der Waals surface area contributed by atoms with Crippen LogP contribution in [0.15, 0.2) is 0 Å². The van der Waals surface area contributed by atoms with Crippen molar-refractivity contribution in [1.82, 2.24) is 0 Å². The van der Waals surface area contributed by atoms with Gasteiger partial charge in [0.2, 0.25) is 0 Å². The van der Waals surface area contributed by atoms with E-state index in [0.29, 0.717) is 12.8 Å². The van der Waals surface area contributed by atoms with Crippen LogP contribution < -0.4 is 0 Å². The third kappa shape index (κ3) is 8.07. The average molecular weight is 302 g/mol. The number of rotatable bonds is 6. The molecule has 0 aliphatic rings. The van der Waals surface area contributed by atoms with E-state index >= 15 is 0 Å². The van der Waals surface area contributed by atoms with Crippen LogP contribution in [-0.2, 0) is 15.8 Å². The van der Waals surface area contributed by atoms with E-state index < -0.39 is 21.7 Å². The van der Waals surface area contributed by atoms with Crippen molar-refractivity contribution >= 4 is 33.7 Å². The molecule has 0 aromatic rings. The van der Waals surface area contributed by atoms with Gasteiger partial charge >= 0.3 is 89.0 Å². The Balaban J connectivity index is 3.33. The van der Waals surface area contributed by atoms with Crippen LogP contribution in [0.1, 0.15) is 39.5 Å². The van der Waals surface area contributed by atoms with Crippen LogP contribution in [0.3, 0.4) is 0 Å². The molecular weight excluding hydrogens is 288 g/mol. The summed E-state index contributed by atoms with van der Waals surface area (Å²) in [6.45, 7) is 3.79. The molecule has 4 nitrogen and oxygen atoms in total. The van der Waals surface area contributed by atoms with E-state index in [2.05, 4.69) is 0 Å². The van der Waals surface area contributed by atoms with Gasteiger partial charge in [-0.15, -0.1) is 0 Å². The van der Waals surface area contributed by atoms with Crippen LogP contribution in [0.2, 0.25) is 0 Å². The first-order valence-electron chi connectivity index (χ1n) is 4.27. The third-order valence-corrected chi connectivity index (χ3v) is 2.61. The zero-order valence-electron chi connectivity index (χ0n) is 7.87. The van der Waals surface area contributed by atoms with Crippen LogP contribution in [-0.4, -0.2) is 33.7 Å². The molecule has 0 amide bonds. The molecule has 0 spiro atoms. The molecule has 0 bridgehead atoms. The van der Waals surface area contributed by atoms with Gasteiger partial charge in [-0.1, -0.05) is 0 Å². The van der Waals surface area contributed by atoms with Gasteiger partial charge in [0.1, 0.15) is 0 Å². The third-order valence-electron chi connectivity index (χ3n) is 1.16. The first kappa shape index (κ1) is 12.7. The molecule has 0 aliphatic heterocycles. The fourth-order valence-electron chi connectivity index (χ4n) is 0.584. The molecule has 0 radical (unpaired) electrons. The van der Waals surface area contributed by atoms with Crippen molar-refractivity contribution in [2.45, 2.75) is 39.5 Å². The Hall–Kier alpha value is -0.270. The molecule has 0 aliphatic carbocycles. The van der Waals surface area contributed by atoms with Crippen LogP contribution in [0.4, 0.5) is 0 Å². The van der Waals surface area contributed by atoms with E-state index in [1.54, 1.807) is 0 Å². The molecule has 0 rings (SSSR count). The Morgan fingerprint density at radius 2 is 1.38 bits per heavy atom. The number of hydrogen-bond donors (Lipinski definition) is 0.